The summed E-state index contributed by atoms with van der Waals surface area (Å²) < 4.78 is 0. The highest BCUT2D eigenvalue weighted by atomic mass is 15.0. The fourth-order valence-electron chi connectivity index (χ4n) is 2.02. The first-order valence-corrected chi connectivity index (χ1v) is 6.55. The van der Waals surface area contributed by atoms with E-state index < -0.39 is 0 Å². The van der Waals surface area contributed by atoms with Gasteiger partial charge in [-0.2, -0.15) is 5.26 Å². The highest BCUT2D eigenvalue weighted by Crippen LogP contribution is 2.20. The summed E-state index contributed by atoms with van der Waals surface area (Å²) in [6, 6.07) is 19.1. The van der Waals surface area contributed by atoms with Crippen LogP contribution in [0.5, 0.6) is 0 Å². The number of benzene rings is 2. The van der Waals surface area contributed by atoms with Gasteiger partial charge in [-0.05, 0) is 31.2 Å². The van der Waals surface area contributed by atoms with Crippen molar-refractivity contribution in [3.63, 3.8) is 0 Å². The molecule has 0 fully saturated rings. The normalized spacial score (nSPS) is 10.1. The Morgan fingerprint density at radius 1 is 0.762 bits per heavy atom. The maximum atomic E-state index is 8.84. The molecule has 0 N–H and O–H groups in total. The Kier molecular flexibility index (Phi) is 3.40. The Balaban J connectivity index is 2.07. The SMILES string of the molecule is Cc1nc(-c2ccccc2)nc(-c2ccc(C#N)cc2)n1. The van der Waals surface area contributed by atoms with Crippen molar-refractivity contribution in [1.29, 1.82) is 5.26 Å². The van der Waals surface area contributed by atoms with Crippen LogP contribution >= 0.6 is 0 Å². The summed E-state index contributed by atoms with van der Waals surface area (Å²) in [6.07, 6.45) is 0. The van der Waals surface area contributed by atoms with E-state index in [-0.39, 0.29) is 0 Å². The van der Waals surface area contributed by atoms with Crippen molar-refractivity contribution in [3.8, 4) is 28.8 Å². The van der Waals surface area contributed by atoms with Crippen LogP contribution in [0.25, 0.3) is 22.8 Å². The second-order valence-electron chi connectivity index (χ2n) is 4.59. The summed E-state index contributed by atoms with van der Waals surface area (Å²) in [5.41, 5.74) is 2.45. The van der Waals surface area contributed by atoms with Gasteiger partial charge in [0.1, 0.15) is 5.82 Å². The minimum absolute atomic E-state index is 0.617. The van der Waals surface area contributed by atoms with Crippen LogP contribution < -0.4 is 0 Å². The smallest absolute Gasteiger partial charge is 0.163 e. The number of nitrogens with zero attached hydrogens (tertiary/aromatic N) is 4. The third-order valence-corrected chi connectivity index (χ3v) is 3.05. The third-order valence-electron chi connectivity index (χ3n) is 3.05. The highest BCUT2D eigenvalue weighted by molar-refractivity contribution is 5.61. The number of aromatic nitrogens is 3. The first kappa shape index (κ1) is 12.9. The second kappa shape index (κ2) is 5.51. The van der Waals surface area contributed by atoms with Gasteiger partial charge in [0.15, 0.2) is 11.6 Å². The second-order valence-corrected chi connectivity index (χ2v) is 4.59. The van der Waals surface area contributed by atoms with E-state index in [2.05, 4.69) is 21.0 Å². The van der Waals surface area contributed by atoms with E-state index in [1.807, 2.05) is 49.4 Å². The summed E-state index contributed by atoms with van der Waals surface area (Å²) in [4.78, 5) is 13.3. The summed E-state index contributed by atoms with van der Waals surface area (Å²) in [7, 11) is 0. The number of hydrogen-bond acceptors (Lipinski definition) is 4. The lowest BCUT2D eigenvalue weighted by atomic mass is 10.1. The summed E-state index contributed by atoms with van der Waals surface area (Å²) in [5.74, 6) is 1.94. The Morgan fingerprint density at radius 2 is 1.33 bits per heavy atom. The Labute approximate surface area is 122 Å². The van der Waals surface area contributed by atoms with Crippen LogP contribution in [0.4, 0.5) is 0 Å². The molecule has 3 aromatic rings. The fourth-order valence-corrected chi connectivity index (χ4v) is 2.02. The number of nitriles is 1. The molecular weight excluding hydrogens is 260 g/mol. The maximum Gasteiger partial charge on any atom is 0.163 e. The van der Waals surface area contributed by atoms with Crippen molar-refractivity contribution in [1.82, 2.24) is 15.0 Å². The fraction of sp³-hybridized carbons (Fsp3) is 0.0588. The van der Waals surface area contributed by atoms with E-state index in [9.17, 15) is 0 Å². The molecule has 0 atom stereocenters. The quantitative estimate of drug-likeness (QED) is 0.717. The monoisotopic (exact) mass is 272 g/mol. The molecule has 0 aliphatic rings. The molecule has 0 spiro atoms. The van der Waals surface area contributed by atoms with E-state index in [1.165, 1.54) is 0 Å². The molecule has 4 heteroatoms. The largest absolute Gasteiger partial charge is 0.213 e. The van der Waals surface area contributed by atoms with Crippen LogP contribution in [0, 0.1) is 18.3 Å². The molecule has 21 heavy (non-hydrogen) atoms. The molecule has 0 saturated heterocycles. The van der Waals surface area contributed by atoms with Gasteiger partial charge in [0.05, 0.1) is 11.6 Å². The van der Waals surface area contributed by atoms with E-state index in [1.54, 1.807) is 12.1 Å². The standard InChI is InChI=1S/C17H12N4/c1-12-19-16(14-5-3-2-4-6-14)21-17(20-12)15-9-7-13(11-18)8-10-15/h2-10H,1H3. The molecule has 3 rings (SSSR count). The third kappa shape index (κ3) is 2.77. The van der Waals surface area contributed by atoms with Crippen LogP contribution in [0.2, 0.25) is 0 Å². The van der Waals surface area contributed by atoms with Crippen molar-refractivity contribution >= 4 is 0 Å². The minimum Gasteiger partial charge on any atom is -0.213 e. The van der Waals surface area contributed by atoms with Gasteiger partial charge in [-0.15, -0.1) is 0 Å². The predicted octanol–water partition coefficient (Wildman–Crippen LogP) is 3.39. The van der Waals surface area contributed by atoms with Gasteiger partial charge in [0.25, 0.3) is 0 Å². The zero-order chi connectivity index (χ0) is 14.7. The Morgan fingerprint density at radius 3 is 1.90 bits per heavy atom. The first-order chi connectivity index (χ1) is 10.3. The lowest BCUT2D eigenvalue weighted by molar-refractivity contribution is 0.992. The van der Waals surface area contributed by atoms with Gasteiger partial charge < -0.3 is 0 Å². The Hall–Kier alpha value is -3.06. The average Bonchev–Trinajstić information content (AvgIpc) is 2.55. The Bertz CT molecular complexity index is 802. The summed E-state index contributed by atoms with van der Waals surface area (Å²) in [6.45, 7) is 1.85. The summed E-state index contributed by atoms with van der Waals surface area (Å²) in [5, 5.41) is 8.84. The topological polar surface area (TPSA) is 62.5 Å². The summed E-state index contributed by atoms with van der Waals surface area (Å²) >= 11 is 0. The zero-order valence-electron chi connectivity index (χ0n) is 11.5. The molecule has 100 valence electrons. The van der Waals surface area contributed by atoms with Crippen LogP contribution in [-0.2, 0) is 0 Å². The van der Waals surface area contributed by atoms with Gasteiger partial charge in [0.2, 0.25) is 0 Å². The minimum atomic E-state index is 0.617. The van der Waals surface area contributed by atoms with Crippen molar-refractivity contribution in [2.75, 3.05) is 0 Å². The zero-order valence-corrected chi connectivity index (χ0v) is 11.5. The van der Waals surface area contributed by atoms with E-state index >= 15 is 0 Å². The van der Waals surface area contributed by atoms with E-state index in [0.29, 0.717) is 23.0 Å². The molecule has 4 nitrogen and oxygen atoms in total. The van der Waals surface area contributed by atoms with Crippen LogP contribution in [0.3, 0.4) is 0 Å². The van der Waals surface area contributed by atoms with Crippen LogP contribution in [0.1, 0.15) is 11.4 Å². The van der Waals surface area contributed by atoms with Crippen molar-refractivity contribution in [3.05, 3.63) is 66.0 Å². The molecule has 0 saturated carbocycles. The maximum absolute atomic E-state index is 8.84. The lowest BCUT2D eigenvalue weighted by Gasteiger charge is -2.05. The molecule has 1 heterocycles. The van der Waals surface area contributed by atoms with Crippen molar-refractivity contribution < 1.29 is 0 Å². The molecule has 0 radical (unpaired) electrons. The molecule has 0 aliphatic carbocycles. The van der Waals surface area contributed by atoms with Gasteiger partial charge in [-0.1, -0.05) is 30.3 Å². The van der Waals surface area contributed by atoms with Gasteiger partial charge in [0, 0.05) is 11.1 Å². The first-order valence-electron chi connectivity index (χ1n) is 6.55. The highest BCUT2D eigenvalue weighted by Gasteiger charge is 2.08. The van der Waals surface area contributed by atoms with E-state index in [4.69, 9.17) is 5.26 Å². The molecule has 0 bridgehead atoms. The van der Waals surface area contributed by atoms with Crippen molar-refractivity contribution in [2.45, 2.75) is 6.92 Å². The van der Waals surface area contributed by atoms with Gasteiger partial charge in [-0.3, -0.25) is 0 Å². The van der Waals surface area contributed by atoms with Crippen LogP contribution in [-0.4, -0.2) is 15.0 Å². The van der Waals surface area contributed by atoms with E-state index in [0.717, 1.165) is 11.1 Å². The number of rotatable bonds is 2. The molecule has 0 unspecified atom stereocenters. The molecule has 2 aromatic carbocycles. The van der Waals surface area contributed by atoms with Gasteiger partial charge in [-0.25, -0.2) is 15.0 Å². The molecule has 0 aliphatic heterocycles. The molecule has 1 aromatic heterocycles. The predicted molar refractivity (Wildman–Crippen MR) is 80.2 cm³/mol. The molecule has 0 amide bonds. The number of aryl methyl sites for hydroxylation is 1. The van der Waals surface area contributed by atoms with Crippen molar-refractivity contribution in [2.24, 2.45) is 0 Å². The molecular formula is C17H12N4. The van der Waals surface area contributed by atoms with Crippen LogP contribution in [0.15, 0.2) is 54.6 Å². The lowest BCUT2D eigenvalue weighted by Crippen LogP contribution is -1.99. The average molecular weight is 272 g/mol. The van der Waals surface area contributed by atoms with Gasteiger partial charge >= 0.3 is 0 Å². The number of hydrogen-bond donors (Lipinski definition) is 0.